The summed E-state index contributed by atoms with van der Waals surface area (Å²) in [5.74, 6) is -0.194. The number of nitrogens with one attached hydrogen (secondary N) is 1. The Hall–Kier alpha value is -3.10. The third kappa shape index (κ3) is 4.96. The van der Waals surface area contributed by atoms with Crippen molar-refractivity contribution in [3.63, 3.8) is 0 Å². The topological polar surface area (TPSA) is 68.4 Å². The van der Waals surface area contributed by atoms with Gasteiger partial charge in [0.15, 0.2) is 0 Å². The summed E-state index contributed by atoms with van der Waals surface area (Å²) in [7, 11) is 0. The molecule has 0 bridgehead atoms. The number of benzene rings is 2. The Morgan fingerprint density at radius 2 is 1.61 bits per heavy atom. The van der Waals surface area contributed by atoms with Gasteiger partial charge in [-0.1, -0.05) is 30.3 Å². The summed E-state index contributed by atoms with van der Waals surface area (Å²) in [5.41, 5.74) is 6.10. The van der Waals surface area contributed by atoms with E-state index in [9.17, 15) is 9.59 Å². The van der Waals surface area contributed by atoms with Gasteiger partial charge in [-0.15, -0.1) is 0 Å². The summed E-state index contributed by atoms with van der Waals surface area (Å²) in [6.45, 7) is 9.82. The van der Waals surface area contributed by atoms with Crippen LogP contribution in [-0.4, -0.2) is 67.4 Å². The van der Waals surface area contributed by atoms with Crippen LogP contribution in [-0.2, 0) is 9.53 Å². The third-order valence-corrected chi connectivity index (χ3v) is 6.18. The number of anilines is 2. The highest BCUT2D eigenvalue weighted by Gasteiger charge is 2.33. The molecule has 2 amide bonds. The van der Waals surface area contributed by atoms with Gasteiger partial charge in [0.2, 0.25) is 0 Å². The van der Waals surface area contributed by atoms with Crippen LogP contribution in [0.4, 0.5) is 16.2 Å². The average Bonchev–Trinajstić information content (AvgIpc) is 3.22. The van der Waals surface area contributed by atoms with E-state index in [1.54, 1.807) is 9.91 Å². The Morgan fingerprint density at radius 1 is 0.970 bits per heavy atom. The van der Waals surface area contributed by atoms with E-state index in [0.717, 1.165) is 43.1 Å². The van der Waals surface area contributed by atoms with Crippen LogP contribution in [0.3, 0.4) is 0 Å². The van der Waals surface area contributed by atoms with Crippen molar-refractivity contribution in [3.8, 4) is 0 Å². The summed E-state index contributed by atoms with van der Waals surface area (Å²) in [5, 5.41) is 1.65. The Bertz CT molecular complexity index is 942. The molecule has 2 aromatic rings. The highest BCUT2D eigenvalue weighted by Crippen LogP contribution is 2.27. The van der Waals surface area contributed by atoms with Crippen molar-refractivity contribution in [2.24, 2.45) is 0 Å². The van der Waals surface area contributed by atoms with Crippen LogP contribution in [0.15, 0.2) is 54.6 Å². The second kappa shape index (κ2) is 10.2. The normalized spacial score (nSPS) is 18.2. The Balaban J connectivity index is 1.40. The average molecular weight is 452 g/mol. The molecule has 1 unspecified atom stereocenters. The fraction of sp³-hybridized carbons (Fsp3) is 0.440. The number of hydrazine groups is 1. The van der Waals surface area contributed by atoms with Gasteiger partial charge >= 0.3 is 12.0 Å². The first-order chi connectivity index (χ1) is 16.0. The van der Waals surface area contributed by atoms with Crippen molar-refractivity contribution in [1.82, 2.24) is 15.3 Å². The Kier molecular flexibility index (Phi) is 7.15. The van der Waals surface area contributed by atoms with Crippen LogP contribution in [0.1, 0.15) is 32.4 Å². The molecule has 0 saturated carbocycles. The van der Waals surface area contributed by atoms with Gasteiger partial charge in [0, 0.05) is 43.6 Å². The standard InChI is InChI=1S/C25H33N5O3/c1-4-33-24(31)23(20-8-6-5-7-9-20)28-16-14-27(15-17-28)21-10-12-22(13-11-21)29-18-26-30(19(2)3)25(29)32/h5-13,19,23,26H,4,14-18H2,1-3H3. The first-order valence-electron chi connectivity index (χ1n) is 11.6. The second-order valence-electron chi connectivity index (χ2n) is 8.60. The van der Waals surface area contributed by atoms with Crippen LogP contribution < -0.4 is 15.2 Å². The number of hydrogen-bond donors (Lipinski definition) is 1. The molecule has 2 saturated heterocycles. The maximum Gasteiger partial charge on any atom is 0.340 e. The zero-order chi connectivity index (χ0) is 23.4. The van der Waals surface area contributed by atoms with E-state index in [0.29, 0.717) is 13.3 Å². The van der Waals surface area contributed by atoms with Crippen LogP contribution in [0.2, 0.25) is 0 Å². The highest BCUT2D eigenvalue weighted by molar-refractivity contribution is 5.93. The van der Waals surface area contributed by atoms with Crippen LogP contribution >= 0.6 is 0 Å². The predicted molar refractivity (Wildman–Crippen MR) is 129 cm³/mol. The third-order valence-electron chi connectivity index (χ3n) is 6.18. The van der Waals surface area contributed by atoms with Crippen molar-refractivity contribution in [2.75, 3.05) is 49.3 Å². The van der Waals surface area contributed by atoms with Gasteiger partial charge in [0.05, 0.1) is 13.3 Å². The number of urea groups is 1. The lowest BCUT2D eigenvalue weighted by molar-refractivity contribution is -0.150. The highest BCUT2D eigenvalue weighted by atomic mass is 16.5. The molecule has 8 heteroatoms. The number of hydrogen-bond acceptors (Lipinski definition) is 6. The number of piperazine rings is 1. The molecular formula is C25H33N5O3. The van der Waals surface area contributed by atoms with E-state index < -0.39 is 0 Å². The summed E-state index contributed by atoms with van der Waals surface area (Å²) in [6.07, 6.45) is 0. The van der Waals surface area contributed by atoms with Crippen molar-refractivity contribution in [1.29, 1.82) is 0 Å². The van der Waals surface area contributed by atoms with E-state index in [1.165, 1.54) is 0 Å². The molecule has 0 spiro atoms. The molecule has 4 rings (SSSR count). The molecule has 8 nitrogen and oxygen atoms in total. The lowest BCUT2D eigenvalue weighted by Crippen LogP contribution is -2.49. The molecule has 0 radical (unpaired) electrons. The van der Waals surface area contributed by atoms with Crippen molar-refractivity contribution in [2.45, 2.75) is 32.9 Å². The van der Waals surface area contributed by atoms with Gasteiger partial charge in [-0.3, -0.25) is 14.8 Å². The monoisotopic (exact) mass is 451 g/mol. The number of rotatable bonds is 7. The molecular weight excluding hydrogens is 418 g/mol. The summed E-state index contributed by atoms with van der Waals surface area (Å²) in [6, 6.07) is 17.7. The molecule has 1 atom stereocenters. The lowest BCUT2D eigenvalue weighted by Gasteiger charge is -2.39. The SMILES string of the molecule is CCOC(=O)C(c1ccccc1)N1CCN(c2ccc(N3CNN(C(C)C)C3=O)cc2)CC1. The Morgan fingerprint density at radius 3 is 2.18 bits per heavy atom. The van der Waals surface area contributed by atoms with Crippen LogP contribution in [0.5, 0.6) is 0 Å². The number of ether oxygens (including phenoxy) is 1. The molecule has 2 fully saturated rings. The van der Waals surface area contributed by atoms with E-state index in [-0.39, 0.29) is 24.1 Å². The number of carbonyl (C=O) groups is 2. The molecule has 1 N–H and O–H groups in total. The molecule has 33 heavy (non-hydrogen) atoms. The number of carbonyl (C=O) groups excluding carboxylic acids is 2. The summed E-state index contributed by atoms with van der Waals surface area (Å²) < 4.78 is 5.38. The smallest absolute Gasteiger partial charge is 0.340 e. The molecule has 2 heterocycles. The largest absolute Gasteiger partial charge is 0.465 e. The first-order valence-corrected chi connectivity index (χ1v) is 11.6. The summed E-state index contributed by atoms with van der Waals surface area (Å²) in [4.78, 5) is 31.6. The molecule has 0 aliphatic carbocycles. The first kappa shape index (κ1) is 23.1. The number of nitrogens with zero attached hydrogens (tertiary/aromatic N) is 4. The van der Waals surface area contributed by atoms with E-state index >= 15 is 0 Å². The molecule has 2 aromatic carbocycles. The van der Waals surface area contributed by atoms with Gasteiger partial charge in [-0.2, -0.15) is 0 Å². The zero-order valence-electron chi connectivity index (χ0n) is 19.6. The van der Waals surface area contributed by atoms with Crippen molar-refractivity contribution < 1.29 is 14.3 Å². The van der Waals surface area contributed by atoms with Crippen molar-refractivity contribution in [3.05, 3.63) is 60.2 Å². The van der Waals surface area contributed by atoms with E-state index in [1.807, 2.05) is 63.2 Å². The fourth-order valence-electron chi connectivity index (χ4n) is 4.45. The maximum absolute atomic E-state index is 12.7. The molecule has 2 aliphatic heterocycles. The fourth-order valence-corrected chi connectivity index (χ4v) is 4.45. The summed E-state index contributed by atoms with van der Waals surface area (Å²) >= 11 is 0. The quantitative estimate of drug-likeness (QED) is 0.652. The lowest BCUT2D eigenvalue weighted by atomic mass is 10.0. The van der Waals surface area contributed by atoms with Crippen LogP contribution in [0, 0.1) is 0 Å². The zero-order valence-corrected chi connectivity index (χ0v) is 19.6. The number of amides is 2. The Labute approximate surface area is 195 Å². The van der Waals surface area contributed by atoms with E-state index in [2.05, 4.69) is 27.4 Å². The predicted octanol–water partition coefficient (Wildman–Crippen LogP) is 3.23. The minimum Gasteiger partial charge on any atom is -0.465 e. The minimum atomic E-state index is -0.381. The maximum atomic E-state index is 12.7. The minimum absolute atomic E-state index is 0.0303. The second-order valence-corrected chi connectivity index (χ2v) is 8.60. The molecule has 2 aliphatic rings. The van der Waals surface area contributed by atoms with Crippen molar-refractivity contribution >= 4 is 23.4 Å². The van der Waals surface area contributed by atoms with Crippen LogP contribution in [0.25, 0.3) is 0 Å². The van der Waals surface area contributed by atoms with Gasteiger partial charge in [0.1, 0.15) is 6.04 Å². The van der Waals surface area contributed by atoms with Gasteiger partial charge in [0.25, 0.3) is 0 Å². The van der Waals surface area contributed by atoms with Gasteiger partial charge in [-0.25, -0.2) is 15.0 Å². The number of esters is 1. The van der Waals surface area contributed by atoms with Gasteiger partial charge < -0.3 is 9.64 Å². The van der Waals surface area contributed by atoms with E-state index in [4.69, 9.17) is 4.74 Å². The molecule has 0 aromatic heterocycles. The van der Waals surface area contributed by atoms with Gasteiger partial charge in [-0.05, 0) is 50.6 Å². The molecule has 176 valence electrons.